The van der Waals surface area contributed by atoms with Gasteiger partial charge in [0.05, 0.1) is 12.8 Å². The first kappa shape index (κ1) is 20.9. The van der Waals surface area contributed by atoms with E-state index in [1.165, 1.54) is 19.4 Å². The first-order valence-corrected chi connectivity index (χ1v) is 9.20. The van der Waals surface area contributed by atoms with Gasteiger partial charge in [0.15, 0.2) is 0 Å². The minimum atomic E-state index is -0.724. The Kier molecular flexibility index (Phi) is 5.77. The molecule has 8 heteroatoms. The van der Waals surface area contributed by atoms with E-state index in [1.54, 1.807) is 63.4 Å². The number of anilines is 1. The van der Waals surface area contributed by atoms with E-state index in [2.05, 4.69) is 4.98 Å². The number of nitrogens with zero attached hydrogens (tertiary/aromatic N) is 2. The largest absolute Gasteiger partial charge is 0.464 e. The number of nitrogens with two attached hydrogens (primary N) is 1. The molecule has 0 radical (unpaired) electrons. The quantitative estimate of drug-likeness (QED) is 0.500. The number of benzene rings is 1. The number of pyridine rings is 1. The Labute approximate surface area is 174 Å². The Hall–Kier alpha value is -3.81. The summed E-state index contributed by atoms with van der Waals surface area (Å²) in [4.78, 5) is 29.1. The lowest BCUT2D eigenvalue weighted by molar-refractivity contribution is 0.0483. The van der Waals surface area contributed by atoms with Gasteiger partial charge in [-0.05, 0) is 45.0 Å². The van der Waals surface area contributed by atoms with E-state index in [0.29, 0.717) is 28.4 Å². The molecule has 0 unspecified atom stereocenters. The SMILES string of the molecule is COC(=O)c1cc(-c2cc(Oc3cccc(N)c3)ccn2)cn1C(=O)OC(C)(C)C. The van der Waals surface area contributed by atoms with Crippen LogP contribution < -0.4 is 10.5 Å². The Balaban J connectivity index is 1.95. The van der Waals surface area contributed by atoms with Crippen LogP contribution in [-0.4, -0.2) is 34.3 Å². The zero-order valence-electron chi connectivity index (χ0n) is 17.2. The van der Waals surface area contributed by atoms with Crippen LogP contribution in [0.5, 0.6) is 11.5 Å². The molecule has 156 valence electrons. The van der Waals surface area contributed by atoms with Gasteiger partial charge in [0, 0.05) is 35.8 Å². The number of carbonyl (C=O) groups is 2. The molecule has 2 aromatic heterocycles. The predicted molar refractivity (Wildman–Crippen MR) is 112 cm³/mol. The lowest BCUT2D eigenvalue weighted by Crippen LogP contribution is -2.28. The van der Waals surface area contributed by atoms with Gasteiger partial charge in [-0.15, -0.1) is 0 Å². The molecular formula is C22H23N3O5. The number of esters is 1. The standard InChI is InChI=1S/C22H23N3O5/c1-22(2,3)30-21(27)25-13-14(10-19(25)20(26)28-4)18-12-17(8-9-24-18)29-16-7-5-6-15(23)11-16/h5-13H,23H2,1-4H3. The first-order chi connectivity index (χ1) is 14.2. The van der Waals surface area contributed by atoms with Crippen LogP contribution in [0, 0.1) is 0 Å². The maximum atomic E-state index is 12.6. The summed E-state index contributed by atoms with van der Waals surface area (Å²) in [5.41, 5.74) is 6.71. The lowest BCUT2D eigenvalue weighted by Gasteiger charge is -2.20. The van der Waals surface area contributed by atoms with E-state index in [0.717, 1.165) is 4.57 Å². The van der Waals surface area contributed by atoms with Gasteiger partial charge in [-0.2, -0.15) is 0 Å². The van der Waals surface area contributed by atoms with Gasteiger partial charge >= 0.3 is 12.1 Å². The molecule has 0 aliphatic heterocycles. The zero-order chi connectivity index (χ0) is 21.9. The molecular weight excluding hydrogens is 386 g/mol. The molecule has 0 spiro atoms. The van der Waals surface area contributed by atoms with Gasteiger partial charge in [-0.3, -0.25) is 4.98 Å². The minimum absolute atomic E-state index is 0.0331. The molecule has 2 N–H and O–H groups in total. The number of ether oxygens (including phenoxy) is 3. The van der Waals surface area contributed by atoms with Crippen LogP contribution in [-0.2, 0) is 9.47 Å². The van der Waals surface area contributed by atoms with Crippen molar-refractivity contribution in [1.29, 1.82) is 0 Å². The van der Waals surface area contributed by atoms with Crippen LogP contribution in [0.25, 0.3) is 11.3 Å². The van der Waals surface area contributed by atoms with Crippen molar-refractivity contribution in [2.75, 3.05) is 12.8 Å². The number of hydrogen-bond donors (Lipinski definition) is 1. The molecule has 0 fully saturated rings. The normalized spacial score (nSPS) is 11.1. The molecule has 1 aromatic carbocycles. The summed E-state index contributed by atoms with van der Waals surface area (Å²) in [6.45, 7) is 5.23. The van der Waals surface area contributed by atoms with Crippen LogP contribution in [0.4, 0.5) is 10.5 Å². The second-order valence-corrected chi connectivity index (χ2v) is 7.51. The number of methoxy groups -OCH3 is 1. The highest BCUT2D eigenvalue weighted by molar-refractivity contribution is 5.94. The van der Waals surface area contributed by atoms with E-state index in [1.807, 2.05) is 0 Å². The Morgan fingerprint density at radius 1 is 1.07 bits per heavy atom. The van der Waals surface area contributed by atoms with Gasteiger partial charge in [-0.25, -0.2) is 14.2 Å². The van der Waals surface area contributed by atoms with Crippen molar-refractivity contribution in [2.45, 2.75) is 26.4 Å². The fourth-order valence-electron chi connectivity index (χ4n) is 2.67. The van der Waals surface area contributed by atoms with E-state index < -0.39 is 17.7 Å². The van der Waals surface area contributed by atoms with E-state index in [4.69, 9.17) is 19.9 Å². The van der Waals surface area contributed by atoms with Crippen LogP contribution in [0.2, 0.25) is 0 Å². The first-order valence-electron chi connectivity index (χ1n) is 9.20. The third-order valence-corrected chi connectivity index (χ3v) is 3.93. The summed E-state index contributed by atoms with van der Waals surface area (Å²) in [6, 6.07) is 11.9. The Morgan fingerprint density at radius 2 is 1.80 bits per heavy atom. The van der Waals surface area contributed by atoms with Crippen molar-refractivity contribution in [3.8, 4) is 22.8 Å². The highest BCUT2D eigenvalue weighted by atomic mass is 16.6. The molecule has 0 amide bonds. The number of rotatable bonds is 4. The third-order valence-electron chi connectivity index (χ3n) is 3.93. The minimum Gasteiger partial charge on any atom is -0.464 e. The summed E-state index contributed by atoms with van der Waals surface area (Å²) < 4.78 is 17.1. The summed E-state index contributed by atoms with van der Waals surface area (Å²) in [7, 11) is 1.24. The number of hydrogen-bond acceptors (Lipinski definition) is 7. The van der Waals surface area contributed by atoms with Crippen LogP contribution >= 0.6 is 0 Å². The molecule has 0 bridgehead atoms. The molecule has 8 nitrogen and oxygen atoms in total. The second kappa shape index (κ2) is 8.28. The topological polar surface area (TPSA) is 106 Å². The van der Waals surface area contributed by atoms with Crippen molar-refractivity contribution in [3.63, 3.8) is 0 Å². The molecule has 0 saturated heterocycles. The monoisotopic (exact) mass is 409 g/mol. The van der Waals surface area contributed by atoms with E-state index >= 15 is 0 Å². The lowest BCUT2D eigenvalue weighted by atomic mass is 10.2. The highest BCUT2D eigenvalue weighted by Crippen LogP contribution is 2.28. The summed E-state index contributed by atoms with van der Waals surface area (Å²) in [5.74, 6) is 0.434. The molecule has 3 rings (SSSR count). The average molecular weight is 409 g/mol. The van der Waals surface area contributed by atoms with Gasteiger partial charge < -0.3 is 19.9 Å². The smallest absolute Gasteiger partial charge is 0.419 e. The van der Waals surface area contributed by atoms with Crippen molar-refractivity contribution < 1.29 is 23.8 Å². The maximum Gasteiger partial charge on any atom is 0.419 e. The molecule has 0 saturated carbocycles. The van der Waals surface area contributed by atoms with E-state index in [9.17, 15) is 9.59 Å². The molecule has 0 aliphatic rings. The van der Waals surface area contributed by atoms with Crippen LogP contribution in [0.1, 0.15) is 31.3 Å². The fraction of sp³-hybridized carbons (Fsp3) is 0.227. The van der Waals surface area contributed by atoms with Crippen molar-refractivity contribution >= 4 is 17.7 Å². The van der Waals surface area contributed by atoms with Gasteiger partial charge in [-0.1, -0.05) is 6.07 Å². The summed E-state index contributed by atoms with van der Waals surface area (Å²) >= 11 is 0. The second-order valence-electron chi connectivity index (χ2n) is 7.51. The highest BCUT2D eigenvalue weighted by Gasteiger charge is 2.24. The molecule has 30 heavy (non-hydrogen) atoms. The van der Waals surface area contributed by atoms with Crippen molar-refractivity contribution in [1.82, 2.24) is 9.55 Å². The maximum absolute atomic E-state index is 12.6. The molecule has 3 aromatic rings. The van der Waals surface area contributed by atoms with Gasteiger partial charge in [0.1, 0.15) is 22.8 Å². The van der Waals surface area contributed by atoms with Crippen LogP contribution in [0.15, 0.2) is 54.9 Å². The van der Waals surface area contributed by atoms with Gasteiger partial charge in [0.2, 0.25) is 0 Å². The Bertz CT molecular complexity index is 1080. The number of nitrogen functional groups attached to an aromatic ring is 1. The van der Waals surface area contributed by atoms with Crippen molar-refractivity contribution in [2.24, 2.45) is 0 Å². The average Bonchev–Trinajstić information content (AvgIpc) is 3.12. The van der Waals surface area contributed by atoms with Gasteiger partial charge in [0.25, 0.3) is 0 Å². The molecule has 2 heterocycles. The van der Waals surface area contributed by atoms with E-state index in [-0.39, 0.29) is 5.69 Å². The number of carbonyl (C=O) groups excluding carboxylic acids is 2. The zero-order valence-corrected chi connectivity index (χ0v) is 17.2. The number of aromatic nitrogens is 2. The molecule has 0 aliphatic carbocycles. The van der Waals surface area contributed by atoms with Crippen LogP contribution in [0.3, 0.4) is 0 Å². The summed E-state index contributed by atoms with van der Waals surface area (Å²) in [6.07, 6.45) is 2.35. The molecule has 0 atom stereocenters. The van der Waals surface area contributed by atoms with Crippen molar-refractivity contribution in [3.05, 3.63) is 60.6 Å². The predicted octanol–water partition coefficient (Wildman–Crippen LogP) is 4.49. The fourth-order valence-corrected chi connectivity index (χ4v) is 2.67. The summed E-state index contributed by atoms with van der Waals surface area (Å²) in [5, 5.41) is 0. The Morgan fingerprint density at radius 3 is 2.47 bits per heavy atom. The third kappa shape index (κ3) is 4.96.